The first kappa shape index (κ1) is 23.5. The normalized spacial score (nSPS) is 15.7. The molecule has 0 unspecified atom stereocenters. The molecule has 0 heterocycles. The summed E-state index contributed by atoms with van der Waals surface area (Å²) in [6.45, 7) is 5.15. The van der Waals surface area contributed by atoms with E-state index in [4.69, 9.17) is 4.74 Å². The summed E-state index contributed by atoms with van der Waals surface area (Å²) >= 11 is 0. The molecule has 0 radical (unpaired) electrons. The smallest absolute Gasteiger partial charge is 0.338 e. The summed E-state index contributed by atoms with van der Waals surface area (Å²) in [5, 5.41) is 7.18. The molecule has 2 fully saturated rings. The molecule has 4 heteroatoms. The average molecular weight is 469 g/mol. The van der Waals surface area contributed by atoms with Crippen molar-refractivity contribution >= 4 is 17.3 Å². The summed E-state index contributed by atoms with van der Waals surface area (Å²) in [6.07, 6.45) is 7.80. The number of esters is 1. The molecular weight excluding hydrogens is 432 g/mol. The molecule has 35 heavy (non-hydrogen) atoms. The van der Waals surface area contributed by atoms with Crippen molar-refractivity contribution in [1.82, 2.24) is 0 Å². The van der Waals surface area contributed by atoms with Crippen LogP contribution in [0.15, 0.2) is 54.6 Å². The minimum Gasteiger partial charge on any atom is -0.465 e. The summed E-state index contributed by atoms with van der Waals surface area (Å²) in [4.78, 5) is 13.0. The highest BCUT2D eigenvalue weighted by Crippen LogP contribution is 2.38. The van der Waals surface area contributed by atoms with Gasteiger partial charge in [-0.2, -0.15) is 0 Å². The summed E-state index contributed by atoms with van der Waals surface area (Å²) in [7, 11) is 1.46. The minimum absolute atomic E-state index is 0.294. The van der Waals surface area contributed by atoms with Gasteiger partial charge in [-0.25, -0.2) is 4.79 Å². The van der Waals surface area contributed by atoms with E-state index in [1.165, 1.54) is 45.6 Å². The zero-order valence-electron chi connectivity index (χ0n) is 21.1. The number of nitrogens with one attached hydrogen (secondary N) is 2. The Morgan fingerprint density at radius 3 is 2.14 bits per heavy atom. The fourth-order valence-corrected chi connectivity index (χ4v) is 5.34. The molecule has 182 valence electrons. The van der Waals surface area contributed by atoms with Crippen LogP contribution in [-0.2, 0) is 4.74 Å². The molecule has 0 bridgehead atoms. The second-order valence-electron chi connectivity index (χ2n) is 10.2. The molecule has 0 spiro atoms. The Hall–Kier alpha value is -3.27. The molecule has 2 saturated carbocycles. The number of aryl methyl sites for hydroxylation is 1. The van der Waals surface area contributed by atoms with Gasteiger partial charge in [0.05, 0.1) is 12.7 Å². The lowest BCUT2D eigenvalue weighted by atomic mass is 9.86. The lowest BCUT2D eigenvalue weighted by Crippen LogP contribution is -2.14. The quantitative estimate of drug-likeness (QED) is 0.334. The summed E-state index contributed by atoms with van der Waals surface area (Å²) in [5.41, 5.74) is 9.11. The van der Waals surface area contributed by atoms with Gasteiger partial charge in [0, 0.05) is 24.0 Å². The van der Waals surface area contributed by atoms with Gasteiger partial charge in [0.1, 0.15) is 0 Å². The first-order valence-corrected chi connectivity index (χ1v) is 13.0. The van der Waals surface area contributed by atoms with Gasteiger partial charge in [-0.1, -0.05) is 43.2 Å². The predicted molar refractivity (Wildman–Crippen MR) is 145 cm³/mol. The van der Waals surface area contributed by atoms with Crippen LogP contribution in [0, 0.1) is 19.8 Å². The summed E-state index contributed by atoms with van der Waals surface area (Å²) in [5.74, 6) is 0.531. The predicted octanol–water partition coefficient (Wildman–Crippen LogP) is 7.60. The van der Waals surface area contributed by atoms with E-state index >= 15 is 0 Å². The van der Waals surface area contributed by atoms with Crippen LogP contribution in [0.4, 0.5) is 11.4 Å². The molecule has 2 N–H and O–H groups in total. The highest BCUT2D eigenvalue weighted by molar-refractivity contribution is 6.02. The lowest BCUT2D eigenvalue weighted by molar-refractivity contribution is 0.0601. The number of rotatable bonds is 8. The Labute approximate surface area is 209 Å². The number of ether oxygens (including phenoxy) is 1. The number of benzene rings is 3. The van der Waals surface area contributed by atoms with E-state index in [0.717, 1.165) is 57.2 Å². The van der Waals surface area contributed by atoms with Gasteiger partial charge in [-0.05, 0) is 103 Å². The van der Waals surface area contributed by atoms with Gasteiger partial charge in [-0.3, -0.25) is 0 Å². The number of methoxy groups -OCH3 is 1. The molecule has 4 nitrogen and oxygen atoms in total. The Morgan fingerprint density at radius 1 is 0.886 bits per heavy atom. The second kappa shape index (κ2) is 10.2. The van der Waals surface area contributed by atoms with Gasteiger partial charge in [-0.15, -0.1) is 0 Å². The van der Waals surface area contributed by atoms with Crippen LogP contribution in [0.1, 0.15) is 60.0 Å². The van der Waals surface area contributed by atoms with Gasteiger partial charge in [0.25, 0.3) is 0 Å². The van der Waals surface area contributed by atoms with Crippen LogP contribution in [-0.4, -0.2) is 25.7 Å². The van der Waals surface area contributed by atoms with Crippen LogP contribution >= 0.6 is 0 Å². The Kier molecular flexibility index (Phi) is 6.81. The van der Waals surface area contributed by atoms with Crippen molar-refractivity contribution in [1.29, 1.82) is 0 Å². The van der Waals surface area contributed by atoms with Gasteiger partial charge >= 0.3 is 5.97 Å². The first-order valence-electron chi connectivity index (χ1n) is 13.0. The first-order chi connectivity index (χ1) is 17.0. The fourth-order valence-electron chi connectivity index (χ4n) is 5.34. The summed E-state index contributed by atoms with van der Waals surface area (Å²) < 4.78 is 5.25. The topological polar surface area (TPSA) is 50.4 Å². The van der Waals surface area contributed by atoms with Gasteiger partial charge in [0.2, 0.25) is 0 Å². The van der Waals surface area contributed by atoms with E-state index in [2.05, 4.69) is 72.2 Å². The van der Waals surface area contributed by atoms with Crippen LogP contribution in [0.5, 0.6) is 0 Å². The monoisotopic (exact) mass is 468 g/mol. The molecule has 0 aliphatic heterocycles. The maximum Gasteiger partial charge on any atom is 0.338 e. The average Bonchev–Trinajstić information content (AvgIpc) is 3.58. The van der Waals surface area contributed by atoms with Crippen molar-refractivity contribution in [2.75, 3.05) is 24.3 Å². The molecule has 3 aromatic carbocycles. The van der Waals surface area contributed by atoms with Crippen LogP contribution in [0.25, 0.3) is 22.3 Å². The van der Waals surface area contributed by atoms with Crippen molar-refractivity contribution in [2.45, 2.75) is 58.4 Å². The maximum atomic E-state index is 13.0. The fraction of sp³-hybridized carbons (Fsp3) is 0.387. The number of carbonyl (C=O) groups is 1. The number of carbonyl (C=O) groups excluding carboxylic acids is 1. The van der Waals surface area contributed by atoms with Gasteiger partial charge < -0.3 is 15.4 Å². The second-order valence-corrected chi connectivity index (χ2v) is 10.2. The Morgan fingerprint density at radius 2 is 1.51 bits per heavy atom. The van der Waals surface area contributed by atoms with E-state index < -0.39 is 0 Å². The van der Waals surface area contributed by atoms with E-state index in [9.17, 15) is 4.79 Å². The third kappa shape index (κ3) is 5.22. The van der Waals surface area contributed by atoms with E-state index in [-0.39, 0.29) is 5.97 Å². The SMILES string of the molecule is COC(=O)c1c(C)c(-c2ccc(NC3CCCC3)cc2)cc(C)c1-c1ccc(NCC2CC2)cc1. The number of hydrogen-bond acceptors (Lipinski definition) is 4. The zero-order chi connectivity index (χ0) is 24.4. The third-order valence-corrected chi connectivity index (χ3v) is 7.56. The molecule has 0 atom stereocenters. The van der Waals surface area contributed by atoms with Gasteiger partial charge in [0.15, 0.2) is 0 Å². The number of anilines is 2. The van der Waals surface area contributed by atoms with E-state index in [0.29, 0.717) is 11.6 Å². The van der Waals surface area contributed by atoms with E-state index in [1.807, 2.05) is 6.92 Å². The molecule has 3 aromatic rings. The van der Waals surface area contributed by atoms with Crippen LogP contribution < -0.4 is 10.6 Å². The molecule has 2 aliphatic rings. The molecule has 2 aliphatic carbocycles. The van der Waals surface area contributed by atoms with Crippen molar-refractivity contribution in [3.05, 3.63) is 71.3 Å². The van der Waals surface area contributed by atoms with Crippen molar-refractivity contribution in [2.24, 2.45) is 5.92 Å². The molecular formula is C31H36N2O2. The number of hydrogen-bond donors (Lipinski definition) is 2. The Balaban J connectivity index is 1.46. The molecule has 0 amide bonds. The molecule has 5 rings (SSSR count). The highest BCUT2D eigenvalue weighted by Gasteiger charge is 2.23. The van der Waals surface area contributed by atoms with Crippen LogP contribution in [0.2, 0.25) is 0 Å². The van der Waals surface area contributed by atoms with Crippen LogP contribution in [0.3, 0.4) is 0 Å². The van der Waals surface area contributed by atoms with Crippen molar-refractivity contribution in [3.8, 4) is 22.3 Å². The lowest BCUT2D eigenvalue weighted by Gasteiger charge is -2.19. The standard InChI is InChI=1S/C31H36N2O2/c1-20-18-28(23-10-16-27(17-11-23)33-26-6-4-5-7-26)21(2)30(31(34)35-3)29(20)24-12-14-25(15-13-24)32-19-22-8-9-22/h10-18,22,26,32-33H,4-9,19H2,1-3H3. The minimum atomic E-state index is -0.294. The zero-order valence-corrected chi connectivity index (χ0v) is 21.1. The highest BCUT2D eigenvalue weighted by atomic mass is 16.5. The largest absolute Gasteiger partial charge is 0.465 e. The molecule has 0 saturated heterocycles. The Bertz CT molecular complexity index is 1190. The van der Waals surface area contributed by atoms with E-state index in [1.54, 1.807) is 0 Å². The summed E-state index contributed by atoms with van der Waals surface area (Å²) in [6, 6.07) is 19.8. The third-order valence-electron chi connectivity index (χ3n) is 7.56. The van der Waals surface area contributed by atoms with Crippen molar-refractivity contribution in [3.63, 3.8) is 0 Å². The maximum absolute atomic E-state index is 13.0. The van der Waals surface area contributed by atoms with Crippen molar-refractivity contribution < 1.29 is 9.53 Å². The molecule has 0 aromatic heterocycles.